The summed E-state index contributed by atoms with van der Waals surface area (Å²) in [7, 11) is 0. The molecular weight excluding hydrogens is 237 g/mol. The summed E-state index contributed by atoms with van der Waals surface area (Å²) >= 11 is 0. The van der Waals surface area contributed by atoms with Crippen molar-refractivity contribution in [3.63, 3.8) is 0 Å². The molecule has 0 aliphatic carbocycles. The third kappa shape index (κ3) is 2.55. The molecular formula is C15H13F3. The van der Waals surface area contributed by atoms with Crippen LogP contribution in [0.15, 0.2) is 36.4 Å². The van der Waals surface area contributed by atoms with Gasteiger partial charge in [-0.15, -0.1) is 0 Å². The molecule has 0 heterocycles. The van der Waals surface area contributed by atoms with Gasteiger partial charge in [0.2, 0.25) is 0 Å². The Labute approximate surface area is 104 Å². The van der Waals surface area contributed by atoms with E-state index in [-0.39, 0.29) is 5.56 Å². The maximum Gasteiger partial charge on any atom is 0.159 e. The number of rotatable bonds is 3. The maximum absolute atomic E-state index is 13.9. The molecule has 2 aromatic carbocycles. The lowest BCUT2D eigenvalue weighted by molar-refractivity contribution is 0.509. The Bertz CT molecular complexity index is 562. The topological polar surface area (TPSA) is 0 Å². The minimum absolute atomic E-state index is 0.286. The van der Waals surface area contributed by atoms with Crippen LogP contribution in [0, 0.1) is 17.5 Å². The second kappa shape index (κ2) is 5.25. The normalized spacial score (nSPS) is 10.7. The quantitative estimate of drug-likeness (QED) is 0.739. The Hall–Kier alpha value is -1.77. The first kappa shape index (κ1) is 12.7. The predicted molar refractivity (Wildman–Crippen MR) is 65.7 cm³/mol. The van der Waals surface area contributed by atoms with E-state index < -0.39 is 17.5 Å². The first-order valence-corrected chi connectivity index (χ1v) is 5.85. The summed E-state index contributed by atoms with van der Waals surface area (Å²) in [5, 5.41) is 0. The highest BCUT2D eigenvalue weighted by Gasteiger charge is 2.09. The molecule has 0 saturated heterocycles. The molecule has 0 atom stereocenters. The van der Waals surface area contributed by atoms with Crippen LogP contribution in [-0.2, 0) is 6.42 Å². The number of halogens is 3. The van der Waals surface area contributed by atoms with Crippen molar-refractivity contribution in [3.05, 3.63) is 59.4 Å². The Kier molecular flexibility index (Phi) is 3.70. The highest BCUT2D eigenvalue weighted by atomic mass is 19.2. The molecule has 2 rings (SSSR count). The highest BCUT2D eigenvalue weighted by molar-refractivity contribution is 5.64. The van der Waals surface area contributed by atoms with E-state index in [2.05, 4.69) is 0 Å². The summed E-state index contributed by atoms with van der Waals surface area (Å²) in [4.78, 5) is 0. The van der Waals surface area contributed by atoms with E-state index in [1.54, 1.807) is 6.07 Å². The highest BCUT2D eigenvalue weighted by Crippen LogP contribution is 2.25. The van der Waals surface area contributed by atoms with Crippen LogP contribution in [0.4, 0.5) is 13.2 Å². The van der Waals surface area contributed by atoms with Crippen molar-refractivity contribution < 1.29 is 13.2 Å². The SMILES string of the molecule is CCCc1ccc(-c2ccc(F)c(F)c2)c(F)c1. The van der Waals surface area contributed by atoms with Gasteiger partial charge in [-0.25, -0.2) is 13.2 Å². The number of hydrogen-bond acceptors (Lipinski definition) is 0. The monoisotopic (exact) mass is 250 g/mol. The van der Waals surface area contributed by atoms with Crippen molar-refractivity contribution in [1.29, 1.82) is 0 Å². The van der Waals surface area contributed by atoms with Crippen LogP contribution < -0.4 is 0 Å². The molecule has 0 radical (unpaired) electrons. The van der Waals surface area contributed by atoms with Gasteiger partial charge in [0.1, 0.15) is 5.82 Å². The van der Waals surface area contributed by atoms with Gasteiger partial charge in [0, 0.05) is 5.56 Å². The van der Waals surface area contributed by atoms with Crippen molar-refractivity contribution in [1.82, 2.24) is 0 Å². The van der Waals surface area contributed by atoms with E-state index >= 15 is 0 Å². The molecule has 0 nitrogen and oxygen atoms in total. The summed E-state index contributed by atoms with van der Waals surface area (Å²) < 4.78 is 39.8. The van der Waals surface area contributed by atoms with Gasteiger partial charge < -0.3 is 0 Å². The Morgan fingerprint density at radius 1 is 0.833 bits per heavy atom. The average molecular weight is 250 g/mol. The molecule has 0 spiro atoms. The predicted octanol–water partition coefficient (Wildman–Crippen LogP) is 4.72. The van der Waals surface area contributed by atoms with Crippen LogP contribution in [-0.4, -0.2) is 0 Å². The lowest BCUT2D eigenvalue weighted by Crippen LogP contribution is -1.91. The van der Waals surface area contributed by atoms with Crippen molar-refractivity contribution in [2.75, 3.05) is 0 Å². The molecule has 0 unspecified atom stereocenters. The van der Waals surface area contributed by atoms with Gasteiger partial charge >= 0.3 is 0 Å². The first-order valence-electron chi connectivity index (χ1n) is 5.85. The third-order valence-electron chi connectivity index (χ3n) is 2.80. The van der Waals surface area contributed by atoms with Crippen molar-refractivity contribution >= 4 is 0 Å². The summed E-state index contributed by atoms with van der Waals surface area (Å²) in [5.41, 5.74) is 1.53. The Morgan fingerprint density at radius 3 is 2.22 bits per heavy atom. The summed E-state index contributed by atoms with van der Waals surface area (Å²) in [5.74, 6) is -2.31. The average Bonchev–Trinajstić information content (AvgIpc) is 2.34. The second-order valence-corrected chi connectivity index (χ2v) is 4.19. The summed E-state index contributed by atoms with van der Waals surface area (Å²) in [6.45, 7) is 2.02. The molecule has 0 fully saturated rings. The fraction of sp³-hybridized carbons (Fsp3) is 0.200. The van der Waals surface area contributed by atoms with Gasteiger partial charge in [0.05, 0.1) is 0 Å². The minimum Gasteiger partial charge on any atom is -0.206 e. The van der Waals surface area contributed by atoms with Crippen molar-refractivity contribution in [3.8, 4) is 11.1 Å². The van der Waals surface area contributed by atoms with Crippen LogP contribution in [0.1, 0.15) is 18.9 Å². The maximum atomic E-state index is 13.9. The molecule has 0 aliphatic rings. The molecule has 0 amide bonds. The van der Waals surface area contributed by atoms with Gasteiger partial charge in [-0.1, -0.05) is 31.5 Å². The smallest absolute Gasteiger partial charge is 0.159 e. The molecule has 0 bridgehead atoms. The molecule has 18 heavy (non-hydrogen) atoms. The number of aryl methyl sites for hydroxylation is 1. The zero-order chi connectivity index (χ0) is 13.1. The standard InChI is InChI=1S/C15H13F3/c1-2-3-10-4-6-12(14(17)8-10)11-5-7-13(16)15(18)9-11/h4-9H,2-3H2,1H3. The van der Waals surface area contributed by atoms with E-state index in [4.69, 9.17) is 0 Å². The molecule has 0 N–H and O–H groups in total. The number of benzene rings is 2. The molecule has 3 heteroatoms. The van der Waals surface area contributed by atoms with Crippen LogP contribution in [0.2, 0.25) is 0 Å². The molecule has 0 saturated carbocycles. The lowest BCUT2D eigenvalue weighted by Gasteiger charge is -2.06. The third-order valence-corrected chi connectivity index (χ3v) is 2.80. The molecule has 0 aliphatic heterocycles. The van der Waals surface area contributed by atoms with E-state index in [0.29, 0.717) is 5.56 Å². The fourth-order valence-corrected chi connectivity index (χ4v) is 1.90. The summed E-state index contributed by atoms with van der Waals surface area (Å²) in [6.07, 6.45) is 1.74. The van der Waals surface area contributed by atoms with Crippen LogP contribution in [0.5, 0.6) is 0 Å². The van der Waals surface area contributed by atoms with Gasteiger partial charge in [0.25, 0.3) is 0 Å². The van der Waals surface area contributed by atoms with Crippen molar-refractivity contribution in [2.45, 2.75) is 19.8 Å². The molecule has 0 aromatic heterocycles. The van der Waals surface area contributed by atoms with Crippen LogP contribution in [0.25, 0.3) is 11.1 Å². The van der Waals surface area contributed by atoms with Gasteiger partial charge in [0.15, 0.2) is 11.6 Å². The largest absolute Gasteiger partial charge is 0.206 e. The van der Waals surface area contributed by atoms with Gasteiger partial charge in [-0.2, -0.15) is 0 Å². The van der Waals surface area contributed by atoms with E-state index in [0.717, 1.165) is 30.5 Å². The Balaban J connectivity index is 2.41. The van der Waals surface area contributed by atoms with Gasteiger partial charge in [-0.3, -0.25) is 0 Å². The summed E-state index contributed by atoms with van der Waals surface area (Å²) in [6, 6.07) is 8.24. The van der Waals surface area contributed by atoms with E-state index in [1.165, 1.54) is 12.1 Å². The lowest BCUT2D eigenvalue weighted by atomic mass is 10.0. The second-order valence-electron chi connectivity index (χ2n) is 4.19. The minimum atomic E-state index is -0.968. The fourth-order valence-electron chi connectivity index (χ4n) is 1.90. The van der Waals surface area contributed by atoms with Crippen LogP contribution >= 0.6 is 0 Å². The zero-order valence-corrected chi connectivity index (χ0v) is 10.0. The van der Waals surface area contributed by atoms with Crippen molar-refractivity contribution in [2.24, 2.45) is 0 Å². The number of hydrogen-bond donors (Lipinski definition) is 0. The first-order chi connectivity index (χ1) is 8.61. The molecule has 94 valence electrons. The Morgan fingerprint density at radius 2 is 1.61 bits per heavy atom. The van der Waals surface area contributed by atoms with Gasteiger partial charge in [-0.05, 0) is 35.7 Å². The molecule has 2 aromatic rings. The van der Waals surface area contributed by atoms with Crippen LogP contribution in [0.3, 0.4) is 0 Å². The van der Waals surface area contributed by atoms with E-state index in [9.17, 15) is 13.2 Å². The van der Waals surface area contributed by atoms with E-state index in [1.807, 2.05) is 13.0 Å². The zero-order valence-electron chi connectivity index (χ0n) is 10.0.